The number of rotatable bonds is 0. The largest absolute Gasteiger partial charge is 0.357 e. The second kappa shape index (κ2) is 8.78. The van der Waals surface area contributed by atoms with Crippen molar-refractivity contribution in [3.05, 3.63) is 86.7 Å². The smallest absolute Gasteiger partial charge is 0.211 e. The normalized spacial score (nSPS) is 10.9. The van der Waals surface area contributed by atoms with Crippen molar-refractivity contribution in [3.8, 4) is 0 Å². The van der Waals surface area contributed by atoms with Crippen molar-refractivity contribution < 1.29 is 8.78 Å². The second-order valence-corrected chi connectivity index (χ2v) is 8.85. The van der Waals surface area contributed by atoms with Crippen LogP contribution in [0.15, 0.2) is 42.8 Å². The van der Waals surface area contributed by atoms with Crippen molar-refractivity contribution in [2.75, 3.05) is 0 Å². The van der Waals surface area contributed by atoms with Gasteiger partial charge in [0, 0.05) is 16.8 Å². The molecule has 0 atom stereocenters. The van der Waals surface area contributed by atoms with Gasteiger partial charge in [0.15, 0.2) is 5.82 Å². The van der Waals surface area contributed by atoms with Gasteiger partial charge in [-0.05, 0) is 70.0 Å². The quantitative estimate of drug-likeness (QED) is 0.241. The van der Waals surface area contributed by atoms with E-state index in [-0.39, 0.29) is 29.8 Å². The monoisotopic (exact) mass is 578 g/mol. The van der Waals surface area contributed by atoms with Crippen LogP contribution in [0.5, 0.6) is 0 Å². The average Bonchev–Trinajstić information content (AvgIpc) is 2.70. The summed E-state index contributed by atoms with van der Waals surface area (Å²) in [4.78, 5) is 29.2. The number of benzene rings is 2. The number of aromatic nitrogens is 2. The lowest BCUT2D eigenvalue weighted by molar-refractivity contribution is 0.622. The third-order valence-electron chi connectivity index (χ3n) is 4.33. The minimum Gasteiger partial charge on any atom is -0.357 e. The number of aryl methyl sites for hydroxylation is 2. The number of hydrogen-bond acceptors (Lipinski definition) is 2. The van der Waals surface area contributed by atoms with Crippen LogP contribution in [-0.4, -0.2) is 9.97 Å². The van der Waals surface area contributed by atoms with Crippen LogP contribution in [0.1, 0.15) is 11.4 Å². The molecule has 0 fully saturated rings. The summed E-state index contributed by atoms with van der Waals surface area (Å²) in [6, 6.07) is 5.87. The summed E-state index contributed by atoms with van der Waals surface area (Å²) in [6.07, 6.45) is 0. The first-order valence-corrected chi connectivity index (χ1v) is 10.7. The number of nitrogens with one attached hydrogen (secondary N) is 2. The van der Waals surface area contributed by atoms with Crippen LogP contribution in [0.3, 0.4) is 0 Å². The summed E-state index contributed by atoms with van der Waals surface area (Å²) >= 11 is 17.6. The molecule has 0 aliphatic heterocycles. The predicted molar refractivity (Wildman–Crippen MR) is 124 cm³/mol. The zero-order chi connectivity index (χ0) is 22.3. The highest BCUT2D eigenvalue weighted by Crippen LogP contribution is 2.24. The fraction of sp³-hybridized carbons (Fsp3) is 0.100. The van der Waals surface area contributed by atoms with Crippen molar-refractivity contribution in [1.82, 2.24) is 9.97 Å². The van der Waals surface area contributed by atoms with Gasteiger partial charge in [0.05, 0.1) is 25.4 Å². The van der Waals surface area contributed by atoms with Crippen LogP contribution >= 0.6 is 55.1 Å². The third kappa shape index (κ3) is 4.19. The summed E-state index contributed by atoms with van der Waals surface area (Å²) < 4.78 is 27.4. The van der Waals surface area contributed by atoms with E-state index >= 15 is 0 Å². The molecule has 10 heteroatoms. The van der Waals surface area contributed by atoms with E-state index in [0.717, 1.165) is 0 Å². The van der Waals surface area contributed by atoms with E-state index in [1.807, 2.05) is 0 Å². The Morgan fingerprint density at radius 3 is 2.03 bits per heavy atom. The number of H-pyrrole nitrogens is 2. The molecule has 0 radical (unpaired) electrons. The van der Waals surface area contributed by atoms with Gasteiger partial charge in [-0.15, -0.1) is 0 Å². The van der Waals surface area contributed by atoms with Gasteiger partial charge >= 0.3 is 0 Å². The van der Waals surface area contributed by atoms with E-state index in [1.165, 1.54) is 12.1 Å². The molecule has 0 amide bonds. The van der Waals surface area contributed by atoms with Crippen LogP contribution in [0.2, 0.25) is 10.0 Å². The highest BCUT2D eigenvalue weighted by atomic mass is 79.9. The van der Waals surface area contributed by atoms with Gasteiger partial charge in [0.25, 0.3) is 0 Å². The summed E-state index contributed by atoms with van der Waals surface area (Å²) in [5.74, 6) is -1.00. The summed E-state index contributed by atoms with van der Waals surface area (Å²) in [5.41, 5.74) is 1.20. The molecule has 0 saturated heterocycles. The van der Waals surface area contributed by atoms with E-state index in [9.17, 15) is 18.4 Å². The third-order valence-corrected chi connectivity index (χ3v) is 6.46. The van der Waals surface area contributed by atoms with E-state index in [4.69, 9.17) is 23.2 Å². The molecule has 2 heterocycles. The number of pyridine rings is 2. The molecule has 0 aliphatic carbocycles. The molecular weight excluding hydrogens is 569 g/mol. The van der Waals surface area contributed by atoms with Crippen LogP contribution < -0.4 is 10.9 Å². The predicted octanol–water partition coefficient (Wildman–Crippen LogP) is 6.78. The number of aromatic amines is 2. The van der Waals surface area contributed by atoms with Gasteiger partial charge in [0.2, 0.25) is 10.9 Å². The highest BCUT2D eigenvalue weighted by Gasteiger charge is 2.13. The molecule has 0 spiro atoms. The standard InChI is InChI=1S/2C10H6BrClFNO/c1-4-9(12)10(15)5-2-6(11)7(13)3-8(5)14-4;1-4-8(12)10(15)7-6(14-4)3-2-5(11)9(7)13/h2*2-3H,1H3,(H,14,15). The number of fused-ring (bicyclic) bond motifs is 2. The topological polar surface area (TPSA) is 65.7 Å². The molecule has 0 unspecified atom stereocenters. The zero-order valence-electron chi connectivity index (χ0n) is 15.4. The van der Waals surface area contributed by atoms with Gasteiger partial charge in [-0.1, -0.05) is 23.2 Å². The van der Waals surface area contributed by atoms with Crippen LogP contribution in [0.4, 0.5) is 8.78 Å². The molecule has 0 aliphatic rings. The lowest BCUT2D eigenvalue weighted by Crippen LogP contribution is -2.08. The molecular formula is C20H12Br2Cl2F2N2O2. The van der Waals surface area contributed by atoms with Crippen molar-refractivity contribution in [2.45, 2.75) is 13.8 Å². The SMILES string of the molecule is Cc1[nH]c2cc(F)c(Br)cc2c(=O)c1Cl.Cc1[nH]c2ccc(Br)c(F)c2c(=O)c1Cl. The summed E-state index contributed by atoms with van der Waals surface area (Å²) in [6.45, 7) is 3.34. The van der Waals surface area contributed by atoms with Crippen molar-refractivity contribution >= 4 is 76.9 Å². The lowest BCUT2D eigenvalue weighted by atomic mass is 10.2. The molecule has 2 N–H and O–H groups in total. The first-order chi connectivity index (χ1) is 14.0. The van der Waals surface area contributed by atoms with Gasteiger partial charge in [-0.2, -0.15) is 0 Å². The Balaban J connectivity index is 0.000000171. The Morgan fingerprint density at radius 2 is 1.40 bits per heavy atom. The molecule has 0 bridgehead atoms. The van der Waals surface area contributed by atoms with E-state index in [1.54, 1.807) is 26.0 Å². The minimum atomic E-state index is -0.587. The highest BCUT2D eigenvalue weighted by molar-refractivity contribution is 9.10. The Hall–Kier alpha value is -1.74. The Kier molecular flexibility index (Phi) is 6.72. The van der Waals surface area contributed by atoms with Gasteiger partial charge in [0.1, 0.15) is 15.9 Å². The van der Waals surface area contributed by atoms with Crippen molar-refractivity contribution in [1.29, 1.82) is 0 Å². The molecule has 156 valence electrons. The maximum absolute atomic E-state index is 13.6. The summed E-state index contributed by atoms with van der Waals surface area (Å²) in [5, 5.41) is 0.527. The number of hydrogen-bond donors (Lipinski definition) is 2. The Labute approximate surface area is 195 Å². The molecule has 2 aromatic carbocycles. The minimum absolute atomic E-state index is 0.0139. The lowest BCUT2D eigenvalue weighted by Gasteiger charge is -2.04. The first-order valence-electron chi connectivity index (χ1n) is 8.36. The van der Waals surface area contributed by atoms with Gasteiger partial charge in [-0.25, -0.2) is 8.78 Å². The average molecular weight is 581 g/mol. The van der Waals surface area contributed by atoms with Crippen molar-refractivity contribution in [2.24, 2.45) is 0 Å². The first kappa shape index (κ1) is 22.9. The van der Waals surface area contributed by atoms with Crippen molar-refractivity contribution in [3.63, 3.8) is 0 Å². The molecule has 30 heavy (non-hydrogen) atoms. The molecule has 4 aromatic rings. The number of halogens is 6. The van der Waals surface area contributed by atoms with E-state index < -0.39 is 17.1 Å². The van der Waals surface area contributed by atoms with Crippen LogP contribution in [0.25, 0.3) is 21.8 Å². The van der Waals surface area contributed by atoms with Gasteiger partial charge < -0.3 is 9.97 Å². The van der Waals surface area contributed by atoms with Gasteiger partial charge in [-0.3, -0.25) is 9.59 Å². The second-order valence-electron chi connectivity index (χ2n) is 6.38. The summed E-state index contributed by atoms with van der Waals surface area (Å²) in [7, 11) is 0. The fourth-order valence-electron chi connectivity index (χ4n) is 2.80. The maximum Gasteiger partial charge on any atom is 0.211 e. The van der Waals surface area contributed by atoms with E-state index in [0.29, 0.717) is 27.8 Å². The van der Waals surface area contributed by atoms with Crippen LogP contribution in [-0.2, 0) is 0 Å². The fourth-order valence-corrected chi connectivity index (χ4v) is 3.76. The molecule has 4 nitrogen and oxygen atoms in total. The maximum atomic E-state index is 13.6. The molecule has 0 saturated carbocycles. The van der Waals surface area contributed by atoms with Crippen LogP contribution in [0, 0.1) is 25.5 Å². The zero-order valence-corrected chi connectivity index (χ0v) is 20.1. The molecule has 4 rings (SSSR count). The van der Waals surface area contributed by atoms with E-state index in [2.05, 4.69) is 41.8 Å². The molecule has 2 aromatic heterocycles. The Morgan fingerprint density at radius 1 is 0.833 bits per heavy atom. The Bertz CT molecular complexity index is 1420.